The lowest BCUT2D eigenvalue weighted by Gasteiger charge is -2.13. The van der Waals surface area contributed by atoms with E-state index in [0.29, 0.717) is 19.1 Å². The van der Waals surface area contributed by atoms with E-state index in [4.69, 9.17) is 10.5 Å². The Labute approximate surface area is 120 Å². The zero-order valence-corrected chi connectivity index (χ0v) is 11.7. The van der Waals surface area contributed by atoms with Crippen LogP contribution >= 0.6 is 12.4 Å². The quantitative estimate of drug-likeness (QED) is 0.800. The number of nitrogens with two attached hydrogens (primary N) is 1. The van der Waals surface area contributed by atoms with E-state index in [0.717, 1.165) is 5.56 Å². The van der Waals surface area contributed by atoms with Crippen LogP contribution in [-0.2, 0) is 9.53 Å². The van der Waals surface area contributed by atoms with Crippen molar-refractivity contribution in [3.05, 3.63) is 35.9 Å². The number of nitrogens with one attached hydrogen (secondary N) is 1. The van der Waals surface area contributed by atoms with E-state index >= 15 is 0 Å². The average molecular weight is 285 g/mol. The van der Waals surface area contributed by atoms with Gasteiger partial charge in [0.25, 0.3) is 0 Å². The van der Waals surface area contributed by atoms with E-state index in [1.165, 1.54) is 12.8 Å². The second-order valence-electron chi connectivity index (χ2n) is 4.78. The molecule has 19 heavy (non-hydrogen) atoms. The van der Waals surface area contributed by atoms with Crippen molar-refractivity contribution in [3.63, 3.8) is 0 Å². The third-order valence-corrected chi connectivity index (χ3v) is 3.03. The second-order valence-corrected chi connectivity index (χ2v) is 4.78. The lowest BCUT2D eigenvalue weighted by atomic mass is 10.1. The van der Waals surface area contributed by atoms with Crippen LogP contribution in [0.5, 0.6) is 0 Å². The predicted octanol–water partition coefficient (Wildman–Crippen LogP) is 1.65. The number of rotatable bonds is 7. The summed E-state index contributed by atoms with van der Waals surface area (Å²) in [5.74, 6) is 0.589. The normalized spacial score (nSPS) is 15.4. The summed E-state index contributed by atoms with van der Waals surface area (Å²) in [6.45, 7) is 1.28. The third-order valence-electron chi connectivity index (χ3n) is 3.03. The van der Waals surface area contributed by atoms with E-state index in [-0.39, 0.29) is 31.0 Å². The van der Waals surface area contributed by atoms with Crippen molar-refractivity contribution in [2.24, 2.45) is 11.7 Å². The highest BCUT2D eigenvalue weighted by Crippen LogP contribution is 2.28. The summed E-state index contributed by atoms with van der Waals surface area (Å²) >= 11 is 0. The maximum atomic E-state index is 11.5. The Balaban J connectivity index is 0.00000180. The van der Waals surface area contributed by atoms with Gasteiger partial charge in [0, 0.05) is 12.6 Å². The smallest absolute Gasteiger partial charge is 0.246 e. The van der Waals surface area contributed by atoms with Crippen LogP contribution in [0, 0.1) is 5.92 Å². The van der Waals surface area contributed by atoms with Gasteiger partial charge in [-0.2, -0.15) is 0 Å². The second kappa shape index (κ2) is 8.15. The SMILES string of the molecule is Cl.NC(CNC(=O)COCC1CC1)c1ccccc1. The molecule has 0 saturated heterocycles. The molecule has 0 aromatic heterocycles. The minimum Gasteiger partial charge on any atom is -0.371 e. The van der Waals surface area contributed by atoms with Crippen LogP contribution in [0.25, 0.3) is 0 Å². The largest absolute Gasteiger partial charge is 0.371 e. The Morgan fingerprint density at radius 2 is 2.05 bits per heavy atom. The minimum absolute atomic E-state index is 0. The van der Waals surface area contributed by atoms with Gasteiger partial charge < -0.3 is 15.8 Å². The van der Waals surface area contributed by atoms with Gasteiger partial charge in [0.1, 0.15) is 6.61 Å². The van der Waals surface area contributed by atoms with Crippen LogP contribution < -0.4 is 11.1 Å². The summed E-state index contributed by atoms with van der Waals surface area (Å²) < 4.78 is 5.30. The number of carbonyl (C=O) groups is 1. The molecule has 0 spiro atoms. The van der Waals surface area contributed by atoms with Crippen LogP contribution in [-0.4, -0.2) is 25.7 Å². The topological polar surface area (TPSA) is 64.3 Å². The van der Waals surface area contributed by atoms with Crippen molar-refractivity contribution >= 4 is 18.3 Å². The van der Waals surface area contributed by atoms with Gasteiger partial charge in [-0.15, -0.1) is 12.4 Å². The van der Waals surface area contributed by atoms with Crippen LogP contribution in [0.4, 0.5) is 0 Å². The van der Waals surface area contributed by atoms with Gasteiger partial charge in [-0.3, -0.25) is 4.79 Å². The number of halogens is 1. The summed E-state index contributed by atoms with van der Waals surface area (Å²) in [4.78, 5) is 11.5. The highest BCUT2D eigenvalue weighted by Gasteiger charge is 2.21. The van der Waals surface area contributed by atoms with Gasteiger partial charge in [-0.05, 0) is 24.3 Å². The molecular weight excluding hydrogens is 264 g/mol. The fourth-order valence-corrected chi connectivity index (χ4v) is 1.70. The molecule has 2 rings (SSSR count). The number of ether oxygens (including phenoxy) is 1. The monoisotopic (exact) mass is 284 g/mol. The molecule has 5 heteroatoms. The maximum absolute atomic E-state index is 11.5. The molecule has 0 aliphatic heterocycles. The van der Waals surface area contributed by atoms with Crippen LogP contribution in [0.15, 0.2) is 30.3 Å². The Hall–Kier alpha value is -1.10. The summed E-state index contributed by atoms with van der Waals surface area (Å²) in [5.41, 5.74) is 7.00. The standard InChI is InChI=1S/C14H20N2O2.ClH/c15-13(12-4-2-1-3-5-12)8-16-14(17)10-18-9-11-6-7-11;/h1-5,11,13H,6-10,15H2,(H,16,17);1H. The van der Waals surface area contributed by atoms with Crippen LogP contribution in [0.1, 0.15) is 24.4 Å². The first kappa shape index (κ1) is 16.0. The van der Waals surface area contributed by atoms with Gasteiger partial charge >= 0.3 is 0 Å². The number of carbonyl (C=O) groups excluding carboxylic acids is 1. The van der Waals surface area contributed by atoms with Crippen molar-refractivity contribution in [2.45, 2.75) is 18.9 Å². The molecule has 1 aliphatic carbocycles. The molecule has 1 atom stereocenters. The molecular formula is C14H21ClN2O2. The molecule has 106 valence electrons. The summed E-state index contributed by atoms with van der Waals surface area (Å²) in [6, 6.07) is 9.57. The lowest BCUT2D eigenvalue weighted by Crippen LogP contribution is -2.34. The van der Waals surface area contributed by atoms with E-state index in [2.05, 4.69) is 5.32 Å². The van der Waals surface area contributed by atoms with E-state index in [1.807, 2.05) is 30.3 Å². The highest BCUT2D eigenvalue weighted by atomic mass is 35.5. The first-order valence-electron chi connectivity index (χ1n) is 6.40. The molecule has 1 unspecified atom stereocenters. The predicted molar refractivity (Wildman–Crippen MR) is 77.2 cm³/mol. The Kier molecular flexibility index (Phi) is 6.84. The highest BCUT2D eigenvalue weighted by molar-refractivity contribution is 5.85. The molecule has 3 N–H and O–H groups in total. The summed E-state index contributed by atoms with van der Waals surface area (Å²) in [7, 11) is 0. The van der Waals surface area contributed by atoms with Crippen LogP contribution in [0.2, 0.25) is 0 Å². The van der Waals surface area contributed by atoms with Gasteiger partial charge in [0.05, 0.1) is 6.61 Å². The fraction of sp³-hybridized carbons (Fsp3) is 0.500. The fourth-order valence-electron chi connectivity index (χ4n) is 1.70. The molecule has 0 radical (unpaired) electrons. The average Bonchev–Trinajstić information content (AvgIpc) is 3.21. The van der Waals surface area contributed by atoms with E-state index in [9.17, 15) is 4.79 Å². The van der Waals surface area contributed by atoms with Gasteiger partial charge in [-0.1, -0.05) is 30.3 Å². The molecule has 1 saturated carbocycles. The van der Waals surface area contributed by atoms with Gasteiger partial charge in [0.2, 0.25) is 5.91 Å². The number of amides is 1. The number of hydrogen-bond acceptors (Lipinski definition) is 3. The van der Waals surface area contributed by atoms with Gasteiger partial charge in [0.15, 0.2) is 0 Å². The minimum atomic E-state index is -0.168. The molecule has 0 heterocycles. The van der Waals surface area contributed by atoms with Crippen LogP contribution in [0.3, 0.4) is 0 Å². The molecule has 4 nitrogen and oxygen atoms in total. The van der Waals surface area contributed by atoms with Crippen molar-refractivity contribution in [1.82, 2.24) is 5.32 Å². The zero-order valence-electron chi connectivity index (χ0n) is 10.9. The number of benzene rings is 1. The molecule has 1 aromatic rings. The van der Waals surface area contributed by atoms with Crippen molar-refractivity contribution in [2.75, 3.05) is 19.8 Å². The Bertz CT molecular complexity index is 382. The Morgan fingerprint density at radius 1 is 1.37 bits per heavy atom. The lowest BCUT2D eigenvalue weighted by molar-refractivity contribution is -0.125. The zero-order chi connectivity index (χ0) is 12.8. The maximum Gasteiger partial charge on any atom is 0.246 e. The molecule has 1 amide bonds. The van der Waals surface area contributed by atoms with Crippen molar-refractivity contribution in [3.8, 4) is 0 Å². The molecule has 0 bridgehead atoms. The van der Waals surface area contributed by atoms with E-state index in [1.54, 1.807) is 0 Å². The molecule has 1 aromatic carbocycles. The first-order chi connectivity index (χ1) is 8.75. The van der Waals surface area contributed by atoms with Gasteiger partial charge in [-0.25, -0.2) is 0 Å². The third kappa shape index (κ3) is 6.05. The molecule has 1 fully saturated rings. The summed E-state index contributed by atoms with van der Waals surface area (Å²) in [6.07, 6.45) is 2.47. The van der Waals surface area contributed by atoms with E-state index < -0.39 is 0 Å². The summed E-state index contributed by atoms with van der Waals surface area (Å²) in [5, 5.41) is 2.79. The molecule has 1 aliphatic rings. The number of hydrogen-bond donors (Lipinski definition) is 2. The van der Waals surface area contributed by atoms with Crippen molar-refractivity contribution < 1.29 is 9.53 Å². The Morgan fingerprint density at radius 3 is 2.68 bits per heavy atom. The first-order valence-corrected chi connectivity index (χ1v) is 6.40. The van der Waals surface area contributed by atoms with Crippen molar-refractivity contribution in [1.29, 1.82) is 0 Å².